The molecule has 0 atom stereocenters. The zero-order chi connectivity index (χ0) is 15.1. The van der Waals surface area contributed by atoms with E-state index in [0.29, 0.717) is 0 Å². The average Bonchev–Trinajstić information content (AvgIpc) is 2.12. The molecule has 0 fully saturated rings. The Hall–Kier alpha value is -1.09. The first kappa shape index (κ1) is 16.0. The van der Waals surface area contributed by atoms with Gasteiger partial charge in [0.15, 0.2) is 0 Å². The van der Waals surface area contributed by atoms with E-state index < -0.39 is 35.3 Å². The van der Waals surface area contributed by atoms with Gasteiger partial charge >= 0.3 is 15.6 Å². The highest BCUT2D eigenvalue weighted by atomic mass is 32.2. The maximum atomic E-state index is 13.7. The third kappa shape index (κ3) is 3.47. The van der Waals surface area contributed by atoms with Gasteiger partial charge in [0.25, 0.3) is 0 Å². The van der Waals surface area contributed by atoms with E-state index in [4.69, 9.17) is 0 Å². The number of halogens is 4. The lowest BCUT2D eigenvalue weighted by Crippen LogP contribution is -2.42. The van der Waals surface area contributed by atoms with Crippen molar-refractivity contribution in [3.63, 3.8) is 0 Å². The van der Waals surface area contributed by atoms with Gasteiger partial charge in [0.1, 0.15) is 11.6 Å². The van der Waals surface area contributed by atoms with Gasteiger partial charge in [-0.05, 0) is 12.1 Å². The molecule has 9 heteroatoms. The second-order valence-corrected chi connectivity index (χ2v) is 11.4. The molecule has 1 aromatic rings. The maximum absolute atomic E-state index is 13.7. The Bertz CT molecular complexity index is 575. The first-order valence-electron chi connectivity index (χ1n) is 5.16. The number of benzene rings is 1. The van der Waals surface area contributed by atoms with Gasteiger partial charge in [0, 0.05) is 5.19 Å². The molecule has 3 nitrogen and oxygen atoms in total. The highest BCUT2D eigenvalue weighted by molar-refractivity contribution is 7.88. The summed E-state index contributed by atoms with van der Waals surface area (Å²) in [6, 6.07) is 3.17. The summed E-state index contributed by atoms with van der Waals surface area (Å²) in [5.74, 6) is -1.37. The standard InChI is InChI=1S/C10H12F4O3SSi/c1-19(2,3)9-7(11)5-4-6-8(9)17-18(15,16)10(12,13)14/h4-6H,1-3H3. The van der Waals surface area contributed by atoms with Gasteiger partial charge in [-0.3, -0.25) is 0 Å². The molecule has 0 aliphatic carbocycles. The van der Waals surface area contributed by atoms with E-state index in [9.17, 15) is 26.0 Å². The van der Waals surface area contributed by atoms with Crippen LogP contribution in [0.2, 0.25) is 19.6 Å². The van der Waals surface area contributed by atoms with Crippen LogP contribution >= 0.6 is 0 Å². The van der Waals surface area contributed by atoms with Gasteiger partial charge in [0.05, 0.1) is 8.07 Å². The predicted octanol–water partition coefficient (Wildman–Crippen LogP) is 2.60. The molecule has 0 radical (unpaired) electrons. The highest BCUT2D eigenvalue weighted by Crippen LogP contribution is 2.27. The van der Waals surface area contributed by atoms with Crippen LogP contribution in [0.15, 0.2) is 18.2 Å². The van der Waals surface area contributed by atoms with Crippen LogP contribution in [0, 0.1) is 5.82 Å². The summed E-state index contributed by atoms with van der Waals surface area (Å²) >= 11 is 0. The summed E-state index contributed by atoms with van der Waals surface area (Å²) in [7, 11) is -8.21. The van der Waals surface area contributed by atoms with Crippen LogP contribution < -0.4 is 9.37 Å². The van der Waals surface area contributed by atoms with Crippen LogP contribution in [0.5, 0.6) is 5.75 Å². The molecule has 0 unspecified atom stereocenters. The first-order valence-corrected chi connectivity index (χ1v) is 10.1. The first-order chi connectivity index (χ1) is 8.36. The lowest BCUT2D eigenvalue weighted by molar-refractivity contribution is -0.0499. The highest BCUT2D eigenvalue weighted by Gasteiger charge is 2.49. The fraction of sp³-hybridized carbons (Fsp3) is 0.400. The quantitative estimate of drug-likeness (QED) is 0.373. The van der Waals surface area contributed by atoms with Crippen LogP contribution in [0.4, 0.5) is 17.6 Å². The van der Waals surface area contributed by atoms with Crippen molar-refractivity contribution in [2.75, 3.05) is 0 Å². The molecule has 0 aromatic heterocycles. The van der Waals surface area contributed by atoms with E-state index >= 15 is 0 Å². The monoisotopic (exact) mass is 316 g/mol. The minimum absolute atomic E-state index is 0.0946. The molecule has 0 saturated heterocycles. The van der Waals surface area contributed by atoms with Crippen molar-refractivity contribution in [1.29, 1.82) is 0 Å². The molecule has 108 valence electrons. The smallest absolute Gasteiger partial charge is 0.376 e. The molecule has 0 aliphatic heterocycles. The minimum Gasteiger partial charge on any atom is -0.376 e. The molecule has 1 rings (SSSR count). The van der Waals surface area contributed by atoms with Crippen molar-refractivity contribution >= 4 is 23.4 Å². The maximum Gasteiger partial charge on any atom is 0.534 e. The Morgan fingerprint density at radius 3 is 2.11 bits per heavy atom. The number of alkyl halides is 3. The molecule has 0 bridgehead atoms. The van der Waals surface area contributed by atoms with Crippen LogP contribution in [0.3, 0.4) is 0 Å². The van der Waals surface area contributed by atoms with Crippen LogP contribution in [0.25, 0.3) is 0 Å². The second kappa shape index (κ2) is 4.78. The zero-order valence-electron chi connectivity index (χ0n) is 10.4. The van der Waals surface area contributed by atoms with Crippen molar-refractivity contribution in [2.24, 2.45) is 0 Å². The fourth-order valence-corrected chi connectivity index (χ4v) is 3.68. The fourth-order valence-electron chi connectivity index (χ4n) is 1.47. The minimum atomic E-state index is -5.79. The van der Waals surface area contributed by atoms with Gasteiger partial charge in [-0.25, -0.2) is 4.39 Å². The van der Waals surface area contributed by atoms with Crippen LogP contribution in [-0.2, 0) is 10.1 Å². The Kier molecular flexibility index (Phi) is 4.02. The van der Waals surface area contributed by atoms with E-state index in [0.717, 1.165) is 18.2 Å². The summed E-state index contributed by atoms with van der Waals surface area (Å²) in [5, 5.41) is -0.0946. The Morgan fingerprint density at radius 1 is 1.16 bits per heavy atom. The summed E-state index contributed by atoms with van der Waals surface area (Å²) < 4.78 is 76.4. The lowest BCUT2D eigenvalue weighted by Gasteiger charge is -2.21. The molecule has 1 aromatic carbocycles. The zero-order valence-corrected chi connectivity index (χ0v) is 12.2. The van der Waals surface area contributed by atoms with Gasteiger partial charge in [0.2, 0.25) is 0 Å². The Balaban J connectivity index is 3.36. The third-order valence-electron chi connectivity index (χ3n) is 2.21. The van der Waals surface area contributed by atoms with Crippen molar-refractivity contribution in [1.82, 2.24) is 0 Å². The van der Waals surface area contributed by atoms with Gasteiger partial charge in [-0.1, -0.05) is 25.7 Å². The third-order valence-corrected chi connectivity index (χ3v) is 5.16. The van der Waals surface area contributed by atoms with Gasteiger partial charge in [-0.2, -0.15) is 21.6 Å². The van der Waals surface area contributed by atoms with Crippen molar-refractivity contribution < 1.29 is 30.2 Å². The summed E-state index contributed by atoms with van der Waals surface area (Å²) in [4.78, 5) is 0. The second-order valence-electron chi connectivity index (χ2n) is 4.85. The van der Waals surface area contributed by atoms with Gasteiger partial charge < -0.3 is 4.18 Å². The van der Waals surface area contributed by atoms with E-state index in [-0.39, 0.29) is 5.19 Å². The molecule has 0 spiro atoms. The lowest BCUT2D eigenvalue weighted by atomic mass is 10.3. The summed E-state index contributed by atoms with van der Waals surface area (Å²) in [5.41, 5.74) is -5.55. The summed E-state index contributed by atoms with van der Waals surface area (Å²) in [6.45, 7) is 5.00. The van der Waals surface area contributed by atoms with E-state index in [2.05, 4.69) is 4.18 Å². The van der Waals surface area contributed by atoms with Crippen LogP contribution in [0.1, 0.15) is 0 Å². The average molecular weight is 316 g/mol. The number of hydrogen-bond donors (Lipinski definition) is 0. The molecule has 0 saturated carbocycles. The molecular weight excluding hydrogens is 304 g/mol. The molecule has 0 aliphatic rings. The Labute approximate surface area is 109 Å². The summed E-state index contributed by atoms with van der Waals surface area (Å²) in [6.07, 6.45) is 0. The number of hydrogen-bond acceptors (Lipinski definition) is 3. The molecule has 0 N–H and O–H groups in total. The topological polar surface area (TPSA) is 43.4 Å². The molecule has 19 heavy (non-hydrogen) atoms. The van der Waals surface area contributed by atoms with Crippen LogP contribution in [-0.4, -0.2) is 22.0 Å². The Morgan fingerprint density at radius 2 is 1.68 bits per heavy atom. The molecular formula is C10H12F4O3SSi. The van der Waals surface area contributed by atoms with E-state index in [1.54, 1.807) is 19.6 Å². The predicted molar refractivity (Wildman–Crippen MR) is 65.0 cm³/mol. The molecule has 0 amide bonds. The SMILES string of the molecule is C[Si](C)(C)c1c(F)cccc1OS(=O)(=O)C(F)(F)F. The largest absolute Gasteiger partial charge is 0.534 e. The normalized spacial score (nSPS) is 13.4. The van der Waals surface area contributed by atoms with E-state index in [1.165, 1.54) is 0 Å². The van der Waals surface area contributed by atoms with Crippen molar-refractivity contribution in [2.45, 2.75) is 25.1 Å². The van der Waals surface area contributed by atoms with Crippen molar-refractivity contribution in [3.05, 3.63) is 24.0 Å². The van der Waals surface area contributed by atoms with E-state index in [1.807, 2.05) is 0 Å². The number of rotatable bonds is 3. The van der Waals surface area contributed by atoms with Gasteiger partial charge in [-0.15, -0.1) is 0 Å². The molecule has 0 heterocycles. The van der Waals surface area contributed by atoms with Crippen molar-refractivity contribution in [3.8, 4) is 5.75 Å².